The van der Waals surface area contributed by atoms with Gasteiger partial charge in [0, 0.05) is 6.54 Å². The summed E-state index contributed by atoms with van der Waals surface area (Å²) in [6, 6.07) is 14.5. The van der Waals surface area contributed by atoms with E-state index in [-0.39, 0.29) is 0 Å². The third kappa shape index (κ3) is 3.83. The molecule has 0 aliphatic carbocycles. The van der Waals surface area contributed by atoms with E-state index in [9.17, 15) is 0 Å². The van der Waals surface area contributed by atoms with Gasteiger partial charge in [-0.3, -0.25) is 0 Å². The lowest BCUT2D eigenvalue weighted by atomic mass is 10.1. The average molecular weight is 255 g/mol. The lowest BCUT2D eigenvalue weighted by molar-refractivity contribution is 0.477. The van der Waals surface area contributed by atoms with E-state index in [1.54, 1.807) is 0 Å². The Bertz CT molecular complexity index is 549. The minimum Gasteiger partial charge on any atom is -0.457 e. The molecule has 0 radical (unpaired) electrons. The smallest absolute Gasteiger partial charge is 0.130 e. The minimum absolute atomic E-state index is 0.875. The highest BCUT2D eigenvalue weighted by atomic mass is 16.5. The van der Waals surface area contributed by atoms with Crippen LogP contribution in [0.4, 0.5) is 0 Å². The Balaban J connectivity index is 2.16. The maximum absolute atomic E-state index is 5.98. The van der Waals surface area contributed by atoms with E-state index in [2.05, 4.69) is 56.4 Å². The van der Waals surface area contributed by atoms with Gasteiger partial charge in [-0.25, -0.2) is 0 Å². The highest BCUT2D eigenvalue weighted by Crippen LogP contribution is 2.26. The number of rotatable bonds is 5. The highest BCUT2D eigenvalue weighted by molar-refractivity contribution is 5.40. The molecule has 100 valence electrons. The van der Waals surface area contributed by atoms with Gasteiger partial charge in [0.25, 0.3) is 0 Å². The van der Waals surface area contributed by atoms with Crippen molar-refractivity contribution in [1.29, 1.82) is 0 Å². The van der Waals surface area contributed by atoms with Crippen molar-refractivity contribution in [3.63, 3.8) is 0 Å². The van der Waals surface area contributed by atoms with E-state index in [0.717, 1.165) is 30.2 Å². The SMILES string of the molecule is CCNCc1cccc(Oc2cc(C)ccc2C)c1. The molecule has 0 atom stereocenters. The molecule has 0 fully saturated rings. The Morgan fingerprint density at radius 3 is 2.68 bits per heavy atom. The summed E-state index contributed by atoms with van der Waals surface area (Å²) in [4.78, 5) is 0. The van der Waals surface area contributed by atoms with E-state index in [4.69, 9.17) is 4.74 Å². The Labute approximate surface area is 115 Å². The number of aryl methyl sites for hydroxylation is 2. The molecule has 2 nitrogen and oxygen atoms in total. The summed E-state index contributed by atoms with van der Waals surface area (Å²) < 4.78 is 5.98. The van der Waals surface area contributed by atoms with Crippen LogP contribution in [0.15, 0.2) is 42.5 Å². The molecular weight excluding hydrogens is 234 g/mol. The second kappa shape index (κ2) is 6.39. The molecule has 2 aromatic rings. The van der Waals surface area contributed by atoms with Crippen molar-refractivity contribution in [2.45, 2.75) is 27.3 Å². The quantitative estimate of drug-likeness (QED) is 0.864. The summed E-state index contributed by atoms with van der Waals surface area (Å²) in [5.74, 6) is 1.82. The molecule has 0 heterocycles. The molecule has 0 aromatic heterocycles. The largest absolute Gasteiger partial charge is 0.457 e. The number of benzene rings is 2. The van der Waals surface area contributed by atoms with Crippen LogP contribution in [-0.4, -0.2) is 6.54 Å². The van der Waals surface area contributed by atoms with Gasteiger partial charge >= 0.3 is 0 Å². The summed E-state index contributed by atoms with van der Waals surface area (Å²) in [5.41, 5.74) is 3.61. The lowest BCUT2D eigenvalue weighted by Crippen LogP contribution is -2.11. The fraction of sp³-hybridized carbons (Fsp3) is 0.294. The van der Waals surface area contributed by atoms with E-state index >= 15 is 0 Å². The first kappa shape index (κ1) is 13.6. The molecular formula is C17H21NO. The van der Waals surface area contributed by atoms with Crippen molar-refractivity contribution in [2.75, 3.05) is 6.54 Å². The van der Waals surface area contributed by atoms with Gasteiger partial charge in [0.1, 0.15) is 11.5 Å². The fourth-order valence-electron chi connectivity index (χ4n) is 1.93. The molecule has 0 aliphatic heterocycles. The van der Waals surface area contributed by atoms with E-state index in [1.807, 2.05) is 12.1 Å². The zero-order valence-corrected chi connectivity index (χ0v) is 11.9. The number of hydrogen-bond acceptors (Lipinski definition) is 2. The van der Waals surface area contributed by atoms with Crippen LogP contribution in [0.2, 0.25) is 0 Å². The maximum atomic E-state index is 5.98. The second-order valence-corrected chi connectivity index (χ2v) is 4.80. The van der Waals surface area contributed by atoms with E-state index < -0.39 is 0 Å². The van der Waals surface area contributed by atoms with Gasteiger partial charge in [-0.2, -0.15) is 0 Å². The molecule has 2 rings (SSSR count). The van der Waals surface area contributed by atoms with Crippen molar-refractivity contribution < 1.29 is 4.74 Å². The molecule has 0 unspecified atom stereocenters. The standard InChI is InChI=1S/C17H21NO/c1-4-18-12-15-6-5-7-16(11-15)19-17-10-13(2)8-9-14(17)3/h5-11,18H,4,12H2,1-3H3. The van der Waals surface area contributed by atoms with E-state index in [0.29, 0.717) is 0 Å². The van der Waals surface area contributed by atoms with Crippen molar-refractivity contribution in [3.05, 3.63) is 59.2 Å². The summed E-state index contributed by atoms with van der Waals surface area (Å²) in [5, 5.41) is 3.32. The predicted molar refractivity (Wildman–Crippen MR) is 79.8 cm³/mol. The Morgan fingerprint density at radius 2 is 1.89 bits per heavy atom. The molecule has 0 bridgehead atoms. The first-order chi connectivity index (χ1) is 9.19. The predicted octanol–water partition coefficient (Wildman–Crippen LogP) is 4.21. The second-order valence-electron chi connectivity index (χ2n) is 4.80. The van der Waals surface area contributed by atoms with Crippen molar-refractivity contribution in [1.82, 2.24) is 5.32 Å². The molecule has 1 N–H and O–H groups in total. The molecule has 0 saturated carbocycles. The van der Waals surface area contributed by atoms with Gasteiger partial charge in [-0.1, -0.05) is 31.2 Å². The zero-order valence-electron chi connectivity index (χ0n) is 11.9. The van der Waals surface area contributed by atoms with Crippen LogP contribution < -0.4 is 10.1 Å². The Morgan fingerprint density at radius 1 is 1.05 bits per heavy atom. The molecule has 2 aromatic carbocycles. The molecule has 0 aliphatic rings. The Kier molecular flexibility index (Phi) is 4.58. The van der Waals surface area contributed by atoms with Crippen LogP contribution in [0.1, 0.15) is 23.6 Å². The van der Waals surface area contributed by atoms with Crippen LogP contribution in [0.5, 0.6) is 11.5 Å². The average Bonchev–Trinajstić information content (AvgIpc) is 2.41. The molecule has 19 heavy (non-hydrogen) atoms. The Hall–Kier alpha value is -1.80. The molecule has 0 amide bonds. The van der Waals surface area contributed by atoms with Crippen molar-refractivity contribution >= 4 is 0 Å². The number of hydrogen-bond donors (Lipinski definition) is 1. The van der Waals surface area contributed by atoms with Crippen LogP contribution in [0.3, 0.4) is 0 Å². The van der Waals surface area contributed by atoms with Gasteiger partial charge in [0.05, 0.1) is 0 Å². The summed E-state index contributed by atoms with van der Waals surface area (Å²) in [6.45, 7) is 8.10. The zero-order chi connectivity index (χ0) is 13.7. The minimum atomic E-state index is 0.875. The lowest BCUT2D eigenvalue weighted by Gasteiger charge is -2.11. The summed E-state index contributed by atoms with van der Waals surface area (Å²) in [6.07, 6.45) is 0. The van der Waals surface area contributed by atoms with Gasteiger partial charge in [-0.05, 0) is 55.3 Å². The highest BCUT2D eigenvalue weighted by Gasteiger charge is 2.02. The van der Waals surface area contributed by atoms with Gasteiger partial charge < -0.3 is 10.1 Å². The number of ether oxygens (including phenoxy) is 1. The molecule has 0 spiro atoms. The van der Waals surface area contributed by atoms with Crippen LogP contribution in [0.25, 0.3) is 0 Å². The third-order valence-electron chi connectivity index (χ3n) is 3.05. The fourth-order valence-corrected chi connectivity index (χ4v) is 1.93. The third-order valence-corrected chi connectivity index (χ3v) is 3.05. The van der Waals surface area contributed by atoms with Gasteiger partial charge in [0.15, 0.2) is 0 Å². The first-order valence-electron chi connectivity index (χ1n) is 6.74. The maximum Gasteiger partial charge on any atom is 0.130 e. The monoisotopic (exact) mass is 255 g/mol. The van der Waals surface area contributed by atoms with Crippen LogP contribution >= 0.6 is 0 Å². The van der Waals surface area contributed by atoms with E-state index in [1.165, 1.54) is 11.1 Å². The van der Waals surface area contributed by atoms with Crippen LogP contribution in [-0.2, 0) is 6.54 Å². The summed E-state index contributed by atoms with van der Waals surface area (Å²) in [7, 11) is 0. The molecule has 0 saturated heterocycles. The van der Waals surface area contributed by atoms with Gasteiger partial charge in [-0.15, -0.1) is 0 Å². The first-order valence-corrected chi connectivity index (χ1v) is 6.74. The normalized spacial score (nSPS) is 10.5. The van der Waals surface area contributed by atoms with Crippen molar-refractivity contribution in [3.8, 4) is 11.5 Å². The summed E-state index contributed by atoms with van der Waals surface area (Å²) >= 11 is 0. The van der Waals surface area contributed by atoms with Crippen LogP contribution in [0, 0.1) is 13.8 Å². The topological polar surface area (TPSA) is 21.3 Å². The number of nitrogens with one attached hydrogen (secondary N) is 1. The van der Waals surface area contributed by atoms with Crippen molar-refractivity contribution in [2.24, 2.45) is 0 Å². The van der Waals surface area contributed by atoms with Gasteiger partial charge in [0.2, 0.25) is 0 Å². The molecule has 2 heteroatoms.